The van der Waals surface area contributed by atoms with Gasteiger partial charge < -0.3 is 9.64 Å². The number of carbonyl (C=O) groups excluding carboxylic acids is 1. The predicted octanol–water partition coefficient (Wildman–Crippen LogP) is 1.10. The number of ether oxygens (including phenoxy) is 1. The van der Waals surface area contributed by atoms with E-state index in [1.807, 2.05) is 17.2 Å². The quantitative estimate of drug-likeness (QED) is 0.914. The molecule has 1 aliphatic rings. The maximum Gasteiger partial charge on any atom is 0.223 e. The molecule has 21 heavy (non-hydrogen) atoms. The van der Waals surface area contributed by atoms with Gasteiger partial charge in [0.2, 0.25) is 5.91 Å². The SMILES string of the molecule is Cc1nc([C@H]2CN(C(=O)CCc3cscn3)CCO2)n[nH]1. The normalized spacial score (nSPS) is 18.9. The van der Waals surface area contributed by atoms with Crippen molar-refractivity contribution in [2.75, 3.05) is 19.7 Å². The minimum atomic E-state index is -0.244. The second kappa shape index (κ2) is 6.31. The number of hydrogen-bond acceptors (Lipinski definition) is 6. The number of thiazole rings is 1. The van der Waals surface area contributed by atoms with Crippen LogP contribution in [0.4, 0.5) is 0 Å². The molecule has 0 unspecified atom stereocenters. The van der Waals surface area contributed by atoms with Crippen LogP contribution in [-0.4, -0.2) is 50.7 Å². The molecule has 8 heteroatoms. The van der Waals surface area contributed by atoms with Crippen LogP contribution in [0.2, 0.25) is 0 Å². The van der Waals surface area contributed by atoms with Crippen molar-refractivity contribution in [3.8, 4) is 0 Å². The molecule has 1 aliphatic heterocycles. The van der Waals surface area contributed by atoms with Crippen molar-refractivity contribution >= 4 is 17.2 Å². The highest BCUT2D eigenvalue weighted by molar-refractivity contribution is 7.07. The minimum absolute atomic E-state index is 0.128. The Morgan fingerprint density at radius 3 is 3.24 bits per heavy atom. The highest BCUT2D eigenvalue weighted by Crippen LogP contribution is 2.19. The van der Waals surface area contributed by atoms with Crippen LogP contribution in [0, 0.1) is 6.92 Å². The lowest BCUT2D eigenvalue weighted by Crippen LogP contribution is -2.42. The zero-order chi connectivity index (χ0) is 14.7. The Balaban J connectivity index is 1.56. The molecule has 1 atom stereocenters. The van der Waals surface area contributed by atoms with Crippen molar-refractivity contribution in [2.45, 2.75) is 25.9 Å². The highest BCUT2D eigenvalue weighted by Gasteiger charge is 2.27. The molecule has 1 fully saturated rings. The fraction of sp³-hybridized carbons (Fsp3) is 0.538. The Morgan fingerprint density at radius 1 is 1.62 bits per heavy atom. The van der Waals surface area contributed by atoms with E-state index in [4.69, 9.17) is 4.74 Å². The zero-order valence-electron chi connectivity index (χ0n) is 11.8. The lowest BCUT2D eigenvalue weighted by molar-refractivity contribution is -0.139. The summed E-state index contributed by atoms with van der Waals surface area (Å²) in [6.07, 6.45) is 0.917. The molecule has 0 spiro atoms. The smallest absolute Gasteiger partial charge is 0.223 e. The molecule has 1 N–H and O–H groups in total. The summed E-state index contributed by atoms with van der Waals surface area (Å²) in [5.74, 6) is 1.49. The van der Waals surface area contributed by atoms with E-state index in [-0.39, 0.29) is 12.0 Å². The van der Waals surface area contributed by atoms with E-state index in [0.717, 1.165) is 11.5 Å². The number of hydrogen-bond donors (Lipinski definition) is 1. The number of carbonyl (C=O) groups is 1. The molecule has 7 nitrogen and oxygen atoms in total. The Morgan fingerprint density at radius 2 is 2.52 bits per heavy atom. The summed E-state index contributed by atoms with van der Waals surface area (Å²) in [5, 5.41) is 8.89. The number of amides is 1. The van der Waals surface area contributed by atoms with Crippen LogP contribution in [-0.2, 0) is 16.0 Å². The second-order valence-electron chi connectivity index (χ2n) is 4.96. The van der Waals surface area contributed by atoms with E-state index < -0.39 is 0 Å². The van der Waals surface area contributed by atoms with Crippen molar-refractivity contribution in [1.29, 1.82) is 0 Å². The van der Waals surface area contributed by atoms with Gasteiger partial charge in [-0.2, -0.15) is 5.10 Å². The average molecular weight is 307 g/mol. The third-order valence-corrected chi connectivity index (χ3v) is 4.04. The molecule has 0 bridgehead atoms. The first-order chi connectivity index (χ1) is 10.2. The number of rotatable bonds is 4. The molecule has 0 radical (unpaired) electrons. The van der Waals surface area contributed by atoms with Crippen LogP contribution in [0.25, 0.3) is 0 Å². The number of aromatic nitrogens is 4. The van der Waals surface area contributed by atoms with Crippen molar-refractivity contribution in [2.24, 2.45) is 0 Å². The number of nitrogens with zero attached hydrogens (tertiary/aromatic N) is 4. The molecule has 0 saturated carbocycles. The standard InChI is InChI=1S/C13H17N5O2S/c1-9-15-13(17-16-9)11-6-18(4-5-20-11)12(19)3-2-10-7-21-8-14-10/h7-8,11H,2-6H2,1H3,(H,15,16,17)/t11-/m1/s1. The summed E-state index contributed by atoms with van der Waals surface area (Å²) in [7, 11) is 0. The number of aromatic amines is 1. The summed E-state index contributed by atoms with van der Waals surface area (Å²) in [6, 6.07) is 0. The van der Waals surface area contributed by atoms with Gasteiger partial charge in [0.25, 0.3) is 0 Å². The summed E-state index contributed by atoms with van der Waals surface area (Å²) in [6.45, 7) is 3.49. The van der Waals surface area contributed by atoms with E-state index >= 15 is 0 Å². The minimum Gasteiger partial charge on any atom is -0.366 e. The van der Waals surface area contributed by atoms with Gasteiger partial charge in [0.1, 0.15) is 11.9 Å². The molecule has 3 rings (SSSR count). The average Bonchev–Trinajstić information content (AvgIpc) is 3.16. The fourth-order valence-corrected chi connectivity index (χ4v) is 2.88. The van der Waals surface area contributed by atoms with E-state index in [2.05, 4.69) is 20.2 Å². The Kier molecular flexibility index (Phi) is 4.26. The lowest BCUT2D eigenvalue weighted by atomic mass is 10.2. The van der Waals surface area contributed by atoms with Crippen molar-refractivity contribution < 1.29 is 9.53 Å². The fourth-order valence-electron chi connectivity index (χ4n) is 2.29. The maximum atomic E-state index is 12.3. The van der Waals surface area contributed by atoms with Gasteiger partial charge in [0.05, 0.1) is 24.4 Å². The largest absolute Gasteiger partial charge is 0.366 e. The first-order valence-electron chi connectivity index (χ1n) is 6.87. The summed E-state index contributed by atoms with van der Waals surface area (Å²) in [4.78, 5) is 22.6. The molecule has 1 amide bonds. The summed E-state index contributed by atoms with van der Waals surface area (Å²) < 4.78 is 5.66. The van der Waals surface area contributed by atoms with E-state index in [1.165, 1.54) is 0 Å². The molecule has 112 valence electrons. The van der Waals surface area contributed by atoms with Crippen LogP contribution in [0.15, 0.2) is 10.9 Å². The first kappa shape index (κ1) is 14.2. The molecule has 0 aromatic carbocycles. The van der Waals surface area contributed by atoms with Crippen molar-refractivity contribution in [1.82, 2.24) is 25.1 Å². The van der Waals surface area contributed by atoms with Gasteiger partial charge in [-0.25, -0.2) is 9.97 Å². The number of morpholine rings is 1. The second-order valence-corrected chi connectivity index (χ2v) is 5.68. The van der Waals surface area contributed by atoms with Crippen LogP contribution in [0.3, 0.4) is 0 Å². The first-order valence-corrected chi connectivity index (χ1v) is 7.82. The highest BCUT2D eigenvalue weighted by atomic mass is 32.1. The topological polar surface area (TPSA) is 84.0 Å². The molecule has 0 aliphatic carbocycles. The number of aryl methyl sites for hydroxylation is 2. The summed E-state index contributed by atoms with van der Waals surface area (Å²) in [5.41, 5.74) is 2.76. The molecular formula is C13H17N5O2S. The van der Waals surface area contributed by atoms with Gasteiger partial charge in [-0.05, 0) is 13.3 Å². The molecular weight excluding hydrogens is 290 g/mol. The van der Waals surface area contributed by atoms with E-state index in [0.29, 0.717) is 38.4 Å². The van der Waals surface area contributed by atoms with E-state index in [1.54, 1.807) is 16.8 Å². The van der Waals surface area contributed by atoms with Crippen molar-refractivity contribution in [3.05, 3.63) is 28.2 Å². The van der Waals surface area contributed by atoms with Gasteiger partial charge >= 0.3 is 0 Å². The molecule has 2 aromatic heterocycles. The van der Waals surface area contributed by atoms with Crippen LogP contribution >= 0.6 is 11.3 Å². The van der Waals surface area contributed by atoms with Gasteiger partial charge in [-0.15, -0.1) is 11.3 Å². The summed E-state index contributed by atoms with van der Waals surface area (Å²) >= 11 is 1.55. The monoisotopic (exact) mass is 307 g/mol. The van der Waals surface area contributed by atoms with Crippen LogP contribution < -0.4 is 0 Å². The Labute approximate surface area is 126 Å². The predicted molar refractivity (Wildman–Crippen MR) is 76.8 cm³/mol. The van der Waals surface area contributed by atoms with Crippen LogP contribution in [0.1, 0.15) is 29.9 Å². The lowest BCUT2D eigenvalue weighted by Gasteiger charge is -2.31. The van der Waals surface area contributed by atoms with Gasteiger partial charge in [0, 0.05) is 18.3 Å². The Bertz CT molecular complexity index is 597. The number of H-pyrrole nitrogens is 1. The van der Waals surface area contributed by atoms with Gasteiger partial charge in [0.15, 0.2) is 5.82 Å². The molecule has 3 heterocycles. The number of nitrogens with one attached hydrogen (secondary N) is 1. The molecule has 2 aromatic rings. The van der Waals surface area contributed by atoms with Gasteiger partial charge in [-0.3, -0.25) is 9.89 Å². The van der Waals surface area contributed by atoms with E-state index in [9.17, 15) is 4.79 Å². The maximum absolute atomic E-state index is 12.3. The third kappa shape index (κ3) is 3.45. The van der Waals surface area contributed by atoms with Gasteiger partial charge in [-0.1, -0.05) is 0 Å². The zero-order valence-corrected chi connectivity index (χ0v) is 12.6. The van der Waals surface area contributed by atoms with Crippen LogP contribution in [0.5, 0.6) is 0 Å². The molecule has 1 saturated heterocycles. The van der Waals surface area contributed by atoms with Crippen molar-refractivity contribution in [3.63, 3.8) is 0 Å². The Hall–Kier alpha value is -1.80. The third-order valence-electron chi connectivity index (χ3n) is 3.40.